The van der Waals surface area contributed by atoms with E-state index in [1.54, 1.807) is 0 Å². The van der Waals surface area contributed by atoms with Crippen molar-refractivity contribution in [2.45, 2.75) is 49.1 Å². The summed E-state index contributed by atoms with van der Waals surface area (Å²) in [6.07, 6.45) is -5.97. The number of rotatable bonds is 3. The molecule has 25 heteroatoms. The average Bonchev–Trinajstić information content (AvgIpc) is 3.75. The Morgan fingerprint density at radius 2 is 1.57 bits per heavy atom. The van der Waals surface area contributed by atoms with Gasteiger partial charge in [-0.1, -0.05) is 0 Å². The fraction of sp³-hybridized carbons (Fsp3) is 0.524. The Balaban J connectivity index is 1.22. The van der Waals surface area contributed by atoms with Crippen LogP contribution < -0.4 is 17.0 Å². The highest BCUT2D eigenvalue weighted by Gasteiger charge is 2.52. The Morgan fingerprint density at radius 1 is 0.935 bits per heavy atom. The van der Waals surface area contributed by atoms with Crippen molar-refractivity contribution in [2.24, 2.45) is 0 Å². The summed E-state index contributed by atoms with van der Waals surface area (Å²) in [5.74, 6) is -0.0603. The molecule has 3 fully saturated rings. The average molecular weight is 684 g/mol. The summed E-state index contributed by atoms with van der Waals surface area (Å²) in [5, 5.41) is 0. The standard InChI is InChI=1S/C21H29B2FN10O10P2/c1-38-13-8-3-40-45(22,36)43-12-7(41-19(9(12)24)33-5-29-10-15(25)27-4-28-16(10)33)2-39-46(23,37)44-14(13)20(42-8)34-6-30-11-17(34)31-21(26)32-18(11)35/h4-9,12-14,19-20H,2-3H2,1,22-23H3,(H2,25,27,28)(H3,26,31,32,35)/q-2/t7?,8?,9?,12?,13?,14?,19?,20?,45-,46-/m1/s1. The minimum Gasteiger partial charge on any atom is -0.382 e. The highest BCUT2D eigenvalue weighted by molar-refractivity contribution is 7.79. The monoisotopic (exact) mass is 684 g/mol. The molecular weight excluding hydrogens is 655 g/mol. The molecule has 3 aliphatic heterocycles. The molecule has 4 aromatic heterocycles. The molecule has 7 rings (SSSR count). The number of nitrogens with two attached hydrogens (primary N) is 2. The molecule has 8 unspecified atom stereocenters. The van der Waals surface area contributed by atoms with Crippen LogP contribution in [0.1, 0.15) is 12.5 Å². The summed E-state index contributed by atoms with van der Waals surface area (Å²) >= 11 is 0. The Morgan fingerprint density at radius 3 is 2.28 bits per heavy atom. The number of nitrogen functional groups attached to an aromatic ring is 2. The number of fused-ring (bicyclic) bond motifs is 5. The fourth-order valence-corrected chi connectivity index (χ4v) is 6.89. The fourth-order valence-electron chi connectivity index (χ4n) is 5.36. The van der Waals surface area contributed by atoms with E-state index in [4.69, 9.17) is 43.8 Å². The first-order chi connectivity index (χ1) is 21.9. The summed E-state index contributed by atoms with van der Waals surface area (Å²) in [5.41, 5.74) is 11.6. The second-order valence-electron chi connectivity index (χ2n) is 9.81. The molecule has 3 saturated heterocycles. The molecule has 5 N–H and O–H groups in total. The van der Waals surface area contributed by atoms with Crippen LogP contribution in [0.4, 0.5) is 16.2 Å². The molecule has 0 aromatic carbocycles. The van der Waals surface area contributed by atoms with Crippen LogP contribution in [-0.2, 0) is 41.4 Å². The Bertz CT molecular complexity index is 1970. The third-order valence-electron chi connectivity index (χ3n) is 7.31. The molecule has 0 spiro atoms. The Hall–Kier alpha value is -3.26. The zero-order chi connectivity index (χ0) is 32.5. The lowest BCUT2D eigenvalue weighted by atomic mass is 10.1. The van der Waals surface area contributed by atoms with Gasteiger partial charge in [-0.15, -0.1) is 0 Å². The van der Waals surface area contributed by atoms with Crippen molar-refractivity contribution < 1.29 is 45.8 Å². The van der Waals surface area contributed by atoms with Crippen molar-refractivity contribution in [2.75, 3.05) is 31.8 Å². The first kappa shape index (κ1) is 31.3. The van der Waals surface area contributed by atoms with Gasteiger partial charge in [-0.3, -0.25) is 18.9 Å². The van der Waals surface area contributed by atoms with E-state index in [0.717, 1.165) is 0 Å². The second kappa shape index (κ2) is 11.5. The zero-order valence-electron chi connectivity index (χ0n) is 22.4. The summed E-state index contributed by atoms with van der Waals surface area (Å²) in [7, 11) is -8.53. The minimum atomic E-state index is -3.77. The lowest BCUT2D eigenvalue weighted by molar-refractivity contribution is -0.0578. The van der Waals surface area contributed by atoms with E-state index in [1.165, 1.54) is 35.2 Å². The summed E-state index contributed by atoms with van der Waals surface area (Å²) in [4.78, 5) is 35.4. The number of nitrogens with one attached hydrogen (secondary N) is 1. The molecule has 0 aliphatic carbocycles. The predicted molar refractivity (Wildman–Crippen MR) is 163 cm³/mol. The molecule has 3 aliphatic rings. The number of ether oxygens (including phenoxy) is 3. The Labute approximate surface area is 259 Å². The van der Waals surface area contributed by atoms with E-state index in [-0.39, 0.29) is 40.7 Å². The normalized spacial score (nSPS) is 37.1. The van der Waals surface area contributed by atoms with Crippen molar-refractivity contribution in [3.63, 3.8) is 0 Å². The van der Waals surface area contributed by atoms with Gasteiger partial charge in [-0.25, -0.2) is 24.3 Å². The number of nitrogens with zero attached hydrogens (tertiary/aromatic N) is 7. The molecule has 20 nitrogen and oxygen atoms in total. The second-order valence-corrected chi connectivity index (χ2v) is 11.6. The van der Waals surface area contributed by atoms with Crippen LogP contribution in [0, 0.1) is 0 Å². The van der Waals surface area contributed by atoms with Crippen molar-refractivity contribution in [3.05, 3.63) is 29.3 Å². The lowest BCUT2D eigenvalue weighted by Crippen LogP contribution is -2.37. The highest BCUT2D eigenvalue weighted by atomic mass is 31.2. The van der Waals surface area contributed by atoms with Crippen LogP contribution in [0.2, 0.25) is 0 Å². The maximum atomic E-state index is 16.2. The van der Waals surface area contributed by atoms with Gasteiger partial charge in [-0.2, -0.15) is 4.98 Å². The lowest BCUT2D eigenvalue weighted by Gasteiger charge is -2.31. The largest absolute Gasteiger partial charge is 0.382 e. The van der Waals surface area contributed by atoms with Gasteiger partial charge >= 0.3 is 0 Å². The third kappa shape index (κ3) is 5.44. The minimum absolute atomic E-state index is 0.0146. The molecule has 0 radical (unpaired) electrons. The van der Waals surface area contributed by atoms with Crippen LogP contribution in [-0.4, -0.2) is 111 Å². The number of alkyl halides is 1. The van der Waals surface area contributed by atoms with Gasteiger partial charge in [0, 0.05) is 7.11 Å². The summed E-state index contributed by atoms with van der Waals surface area (Å²) < 4.78 is 88.3. The van der Waals surface area contributed by atoms with E-state index < -0.39 is 91.4 Å². The van der Waals surface area contributed by atoms with Crippen LogP contribution >= 0.6 is 14.9 Å². The smallest absolute Gasteiger partial charge is 0.280 e. The number of imidazole rings is 2. The van der Waals surface area contributed by atoms with E-state index in [9.17, 15) is 13.9 Å². The Kier molecular flexibility index (Phi) is 7.81. The van der Waals surface area contributed by atoms with Crippen molar-refractivity contribution in [1.29, 1.82) is 0 Å². The van der Waals surface area contributed by atoms with Crippen LogP contribution in [0.3, 0.4) is 0 Å². The van der Waals surface area contributed by atoms with Crippen molar-refractivity contribution >= 4 is 64.2 Å². The van der Waals surface area contributed by atoms with Crippen LogP contribution in [0.5, 0.6) is 0 Å². The highest BCUT2D eigenvalue weighted by Crippen LogP contribution is 2.54. The van der Waals surface area contributed by atoms with Crippen molar-refractivity contribution in [1.82, 2.24) is 39.0 Å². The number of H-pyrrole nitrogens is 1. The van der Waals surface area contributed by atoms with Gasteiger partial charge < -0.3 is 52.9 Å². The summed E-state index contributed by atoms with van der Waals surface area (Å²) in [6.45, 7) is -0.728. The topological polar surface area (TPSA) is 258 Å². The summed E-state index contributed by atoms with van der Waals surface area (Å²) in [6, 6.07) is 0. The maximum Gasteiger partial charge on any atom is 0.280 e. The number of hydrogen-bond donors (Lipinski definition) is 3. The van der Waals surface area contributed by atoms with Crippen LogP contribution in [0.25, 0.3) is 22.3 Å². The molecular formula is C21H29B2FN10O10P2-2. The zero-order valence-corrected chi connectivity index (χ0v) is 24.2. The van der Waals surface area contributed by atoms with Gasteiger partial charge in [0.15, 0.2) is 41.3 Å². The molecule has 248 valence electrons. The maximum absolute atomic E-state index is 16.2. The first-order valence-electron chi connectivity index (χ1n) is 12.9. The molecule has 0 amide bonds. The van der Waals surface area contributed by atoms with Crippen LogP contribution in [0.15, 0.2) is 23.8 Å². The van der Waals surface area contributed by atoms with E-state index in [2.05, 4.69) is 29.9 Å². The quantitative estimate of drug-likeness (QED) is 0.156. The number of methoxy groups -OCH3 is 1. The number of anilines is 2. The molecule has 4 aromatic rings. The van der Waals surface area contributed by atoms with Crippen molar-refractivity contribution in [3.8, 4) is 0 Å². The first-order valence-corrected chi connectivity index (χ1v) is 15.1. The van der Waals surface area contributed by atoms with Gasteiger partial charge in [0.1, 0.15) is 57.3 Å². The van der Waals surface area contributed by atoms with Gasteiger partial charge in [0.05, 0.1) is 41.0 Å². The third-order valence-corrected chi connectivity index (χ3v) is 8.87. The molecule has 7 heterocycles. The number of aromatic amines is 1. The molecule has 2 bridgehead atoms. The number of halogens is 1. The van der Waals surface area contributed by atoms with Gasteiger partial charge in [-0.05, 0) is 0 Å². The van der Waals surface area contributed by atoms with E-state index in [1.807, 2.05) is 0 Å². The SMILES string of the molecule is [BH3-][P@@]1(=O)OCC2OC(n3cnc4c(=O)[nH]c(N)nc43)C(O[P@]([BH3-])(=O)OCC3OC(n4cnc5c(N)ncnc54)C(F)C3O1)C2OC. The molecule has 46 heavy (non-hydrogen) atoms. The van der Waals surface area contributed by atoms with Gasteiger partial charge in [0.25, 0.3) is 5.56 Å². The predicted octanol–water partition coefficient (Wildman–Crippen LogP) is -1.96. The molecule has 10 atom stereocenters. The molecule has 0 saturated carbocycles. The number of hydrogen-bond acceptors (Lipinski definition) is 17. The van der Waals surface area contributed by atoms with Gasteiger partial charge in [0.2, 0.25) is 5.95 Å². The van der Waals surface area contributed by atoms with E-state index >= 15 is 4.39 Å². The number of aromatic nitrogens is 8. The van der Waals surface area contributed by atoms with E-state index in [0.29, 0.717) is 0 Å².